The molecule has 1 saturated heterocycles. The molecule has 1 aliphatic rings. The van der Waals surface area contributed by atoms with Gasteiger partial charge in [0.25, 0.3) is 11.1 Å². The van der Waals surface area contributed by atoms with Crippen LogP contribution in [0.25, 0.3) is 11.5 Å². The van der Waals surface area contributed by atoms with Crippen molar-refractivity contribution in [2.24, 2.45) is 0 Å². The molecule has 0 atom stereocenters. The SMILES string of the molecule is O=C(CSc1nnc(-c2cccnc2)o1)Nc1ccc(N2CCN(C(=O)c3ccc(Br)cc3)CC2)cc1. The highest BCUT2D eigenvalue weighted by molar-refractivity contribution is 9.10. The topological polar surface area (TPSA) is 104 Å². The van der Waals surface area contributed by atoms with Crippen LogP contribution in [-0.4, -0.2) is 63.8 Å². The number of aromatic nitrogens is 3. The lowest BCUT2D eigenvalue weighted by molar-refractivity contribution is -0.113. The van der Waals surface area contributed by atoms with Crippen LogP contribution in [0.5, 0.6) is 0 Å². The molecule has 3 heterocycles. The zero-order valence-corrected chi connectivity index (χ0v) is 22.1. The predicted molar refractivity (Wildman–Crippen MR) is 146 cm³/mol. The lowest BCUT2D eigenvalue weighted by Crippen LogP contribution is -2.48. The maximum atomic E-state index is 12.7. The number of nitrogens with one attached hydrogen (secondary N) is 1. The molecule has 9 nitrogen and oxygen atoms in total. The number of carbonyl (C=O) groups is 2. The van der Waals surface area contributed by atoms with Crippen molar-refractivity contribution in [3.63, 3.8) is 0 Å². The summed E-state index contributed by atoms with van der Waals surface area (Å²) in [6.45, 7) is 2.80. The highest BCUT2D eigenvalue weighted by Crippen LogP contribution is 2.24. The smallest absolute Gasteiger partial charge is 0.277 e. The number of amides is 2. The molecule has 0 radical (unpaired) electrons. The van der Waals surface area contributed by atoms with Gasteiger partial charge in [0.15, 0.2) is 0 Å². The van der Waals surface area contributed by atoms with Crippen LogP contribution in [0.2, 0.25) is 0 Å². The molecule has 5 rings (SSSR count). The van der Waals surface area contributed by atoms with Crippen LogP contribution < -0.4 is 10.2 Å². The number of thioether (sulfide) groups is 1. The molecule has 2 amide bonds. The Morgan fingerprint density at radius 2 is 1.73 bits per heavy atom. The molecule has 0 aliphatic carbocycles. The van der Waals surface area contributed by atoms with E-state index >= 15 is 0 Å². The van der Waals surface area contributed by atoms with E-state index in [2.05, 4.69) is 41.3 Å². The van der Waals surface area contributed by atoms with Gasteiger partial charge in [0.1, 0.15) is 0 Å². The van der Waals surface area contributed by atoms with Crippen LogP contribution in [0.3, 0.4) is 0 Å². The lowest BCUT2D eigenvalue weighted by Gasteiger charge is -2.36. The second-order valence-corrected chi connectivity index (χ2v) is 10.1. The van der Waals surface area contributed by atoms with E-state index in [9.17, 15) is 9.59 Å². The monoisotopic (exact) mass is 578 g/mol. The average Bonchev–Trinajstić information content (AvgIpc) is 3.42. The number of pyridine rings is 1. The van der Waals surface area contributed by atoms with Crippen molar-refractivity contribution in [1.29, 1.82) is 0 Å². The van der Waals surface area contributed by atoms with Crippen LogP contribution in [0.15, 0.2) is 87.2 Å². The first kappa shape index (κ1) is 25.0. The molecule has 37 heavy (non-hydrogen) atoms. The molecule has 1 aliphatic heterocycles. The van der Waals surface area contributed by atoms with Gasteiger partial charge in [0.05, 0.1) is 11.3 Å². The molecule has 1 fully saturated rings. The van der Waals surface area contributed by atoms with Gasteiger partial charge in [-0.25, -0.2) is 0 Å². The maximum absolute atomic E-state index is 12.7. The summed E-state index contributed by atoms with van der Waals surface area (Å²) in [6.07, 6.45) is 3.31. The summed E-state index contributed by atoms with van der Waals surface area (Å²) >= 11 is 4.58. The fraction of sp³-hybridized carbons (Fsp3) is 0.192. The molecule has 11 heteroatoms. The van der Waals surface area contributed by atoms with Gasteiger partial charge in [-0.05, 0) is 60.7 Å². The Morgan fingerprint density at radius 3 is 2.43 bits per heavy atom. The van der Waals surface area contributed by atoms with Crippen LogP contribution in [0.4, 0.5) is 11.4 Å². The Balaban J connectivity index is 1.08. The zero-order chi connectivity index (χ0) is 25.6. The first-order valence-electron chi connectivity index (χ1n) is 11.6. The van der Waals surface area contributed by atoms with E-state index in [-0.39, 0.29) is 17.6 Å². The summed E-state index contributed by atoms with van der Waals surface area (Å²) in [4.78, 5) is 33.3. The summed E-state index contributed by atoms with van der Waals surface area (Å²) in [5, 5.41) is 11.2. The van der Waals surface area contributed by atoms with Crippen molar-refractivity contribution in [3.8, 4) is 11.5 Å². The lowest BCUT2D eigenvalue weighted by atomic mass is 10.1. The van der Waals surface area contributed by atoms with Gasteiger partial charge in [-0.3, -0.25) is 14.6 Å². The van der Waals surface area contributed by atoms with Gasteiger partial charge >= 0.3 is 0 Å². The number of hydrogen-bond donors (Lipinski definition) is 1. The Hall–Kier alpha value is -3.70. The van der Waals surface area contributed by atoms with E-state index in [1.165, 1.54) is 11.8 Å². The molecule has 0 bridgehead atoms. The Labute approximate surface area is 226 Å². The van der Waals surface area contributed by atoms with Crippen LogP contribution in [0, 0.1) is 0 Å². The quantitative estimate of drug-likeness (QED) is 0.317. The van der Waals surface area contributed by atoms with Gasteiger partial charge in [-0.2, -0.15) is 0 Å². The van der Waals surface area contributed by atoms with Crippen molar-refractivity contribution in [1.82, 2.24) is 20.1 Å². The number of nitrogens with zero attached hydrogens (tertiary/aromatic N) is 5. The normalized spacial score (nSPS) is 13.4. The summed E-state index contributed by atoms with van der Waals surface area (Å²) in [5.74, 6) is 0.395. The highest BCUT2D eigenvalue weighted by atomic mass is 79.9. The van der Waals surface area contributed by atoms with Crippen LogP contribution in [-0.2, 0) is 4.79 Å². The molecule has 0 spiro atoms. The van der Waals surface area contributed by atoms with E-state index in [0.717, 1.165) is 28.8 Å². The fourth-order valence-electron chi connectivity index (χ4n) is 3.90. The molecule has 2 aromatic heterocycles. The summed E-state index contributed by atoms with van der Waals surface area (Å²) in [7, 11) is 0. The van der Waals surface area contributed by atoms with Crippen molar-refractivity contribution >= 4 is 50.9 Å². The molecule has 4 aromatic rings. The van der Waals surface area contributed by atoms with E-state index in [1.54, 1.807) is 18.5 Å². The van der Waals surface area contributed by atoms with E-state index in [0.29, 0.717) is 35.5 Å². The first-order chi connectivity index (χ1) is 18.0. The van der Waals surface area contributed by atoms with Gasteiger partial charge in [-0.1, -0.05) is 27.7 Å². The number of hydrogen-bond acceptors (Lipinski definition) is 8. The van der Waals surface area contributed by atoms with Gasteiger partial charge in [-0.15, -0.1) is 10.2 Å². The first-order valence-corrected chi connectivity index (χ1v) is 13.4. The standard InChI is InChI=1S/C26H23BrN6O3S/c27-20-5-3-18(4-6-20)25(35)33-14-12-32(13-15-33)22-9-7-21(8-10-22)29-23(34)17-37-26-31-30-24(36-26)19-2-1-11-28-16-19/h1-11,16H,12-15,17H2,(H,29,34). The average molecular weight is 579 g/mol. The van der Waals surface area contributed by atoms with Crippen molar-refractivity contribution in [2.45, 2.75) is 5.22 Å². The molecule has 0 unspecified atom stereocenters. The molecular formula is C26H23BrN6O3S. The maximum Gasteiger partial charge on any atom is 0.277 e. The predicted octanol–water partition coefficient (Wildman–Crippen LogP) is 4.59. The van der Waals surface area contributed by atoms with Gasteiger partial charge in [0.2, 0.25) is 11.8 Å². The van der Waals surface area contributed by atoms with Crippen molar-refractivity contribution in [2.75, 3.05) is 42.1 Å². The van der Waals surface area contributed by atoms with Crippen LogP contribution in [0.1, 0.15) is 10.4 Å². The van der Waals surface area contributed by atoms with Crippen molar-refractivity contribution < 1.29 is 14.0 Å². The Kier molecular flexibility index (Phi) is 7.81. The summed E-state index contributed by atoms with van der Waals surface area (Å²) < 4.78 is 6.55. The third-order valence-corrected chi connectivity index (χ3v) is 7.16. The number of anilines is 2. The van der Waals surface area contributed by atoms with Crippen LogP contribution >= 0.6 is 27.7 Å². The summed E-state index contributed by atoms with van der Waals surface area (Å²) in [5.41, 5.74) is 3.18. The number of halogens is 1. The Bertz CT molecular complexity index is 1360. The highest BCUT2D eigenvalue weighted by Gasteiger charge is 2.22. The molecule has 2 aromatic carbocycles. The number of piperazine rings is 1. The molecule has 188 valence electrons. The number of rotatable bonds is 7. The number of carbonyl (C=O) groups excluding carboxylic acids is 2. The van der Waals surface area contributed by atoms with Gasteiger partial charge in [0, 0.05) is 60.0 Å². The van der Waals surface area contributed by atoms with Gasteiger partial charge < -0.3 is 19.5 Å². The second kappa shape index (κ2) is 11.6. The van der Waals surface area contributed by atoms with E-state index in [1.807, 2.05) is 59.5 Å². The minimum atomic E-state index is -0.168. The van der Waals surface area contributed by atoms with E-state index < -0.39 is 0 Å². The van der Waals surface area contributed by atoms with E-state index in [4.69, 9.17) is 4.42 Å². The fourth-order valence-corrected chi connectivity index (χ4v) is 4.72. The minimum Gasteiger partial charge on any atom is -0.411 e. The second-order valence-electron chi connectivity index (χ2n) is 8.28. The number of benzene rings is 2. The third kappa shape index (κ3) is 6.36. The molecule has 0 saturated carbocycles. The molecule has 1 N–H and O–H groups in total. The van der Waals surface area contributed by atoms with Crippen molar-refractivity contribution in [3.05, 3.63) is 83.1 Å². The zero-order valence-electron chi connectivity index (χ0n) is 19.7. The minimum absolute atomic E-state index is 0.0527. The molecular weight excluding hydrogens is 556 g/mol. The Morgan fingerprint density at radius 1 is 0.973 bits per heavy atom. The third-order valence-electron chi connectivity index (χ3n) is 5.82. The largest absolute Gasteiger partial charge is 0.411 e. The summed E-state index contributed by atoms with van der Waals surface area (Å²) in [6, 6.07) is 18.8.